The average molecular weight is 715 g/mol. The van der Waals surface area contributed by atoms with Gasteiger partial charge < -0.3 is 0 Å². The maximum Gasteiger partial charge on any atom is 0.0734 e. The molecule has 0 bridgehead atoms. The minimum Gasteiger partial charge on any atom is -0.140 e. The lowest BCUT2D eigenvalue weighted by Crippen LogP contribution is -2.25. The molecule has 2 aliphatic carbocycles. The summed E-state index contributed by atoms with van der Waals surface area (Å²) in [5, 5.41) is 7.64. The van der Waals surface area contributed by atoms with E-state index in [-0.39, 0.29) is 5.41 Å². The van der Waals surface area contributed by atoms with E-state index >= 15 is 0 Å². The third-order valence-electron chi connectivity index (χ3n) is 12.4. The van der Waals surface area contributed by atoms with Gasteiger partial charge in [-0.25, -0.2) is 0 Å². The first-order chi connectivity index (χ1) is 27.2. The third kappa shape index (κ3) is 4.06. The van der Waals surface area contributed by atoms with Crippen LogP contribution in [0, 0.1) is 6.92 Å². The van der Waals surface area contributed by atoms with Crippen LogP contribution in [0.25, 0.3) is 87.3 Å². The summed E-state index contributed by atoms with van der Waals surface area (Å²) in [7, 11) is 0. The molecular weight excluding hydrogens is 681 g/mol. The van der Waals surface area contributed by atoms with Crippen LogP contribution in [0.1, 0.15) is 27.1 Å². The number of fused-ring (bicyclic) bond motifs is 13. The van der Waals surface area contributed by atoms with E-state index in [2.05, 4.69) is 195 Å². The Hall–Kier alpha value is -6.54. The molecule has 256 valence electrons. The fourth-order valence-electron chi connectivity index (χ4n) is 10.4. The second kappa shape index (κ2) is 11.5. The van der Waals surface area contributed by atoms with E-state index in [0.717, 1.165) is 0 Å². The maximum absolute atomic E-state index is 2.46. The number of hydrogen-bond donors (Lipinski definition) is 0. The topological polar surface area (TPSA) is 0 Å². The molecule has 0 radical (unpaired) electrons. The van der Waals surface area contributed by atoms with Crippen LogP contribution in [0.4, 0.5) is 0 Å². The first kappa shape index (κ1) is 30.9. The molecule has 0 saturated heterocycles. The first-order valence-electron chi connectivity index (χ1n) is 19.2. The van der Waals surface area contributed by atoms with Gasteiger partial charge in [-0.3, -0.25) is 0 Å². The minimum absolute atomic E-state index is 0.358. The molecule has 1 heteroatoms. The normalized spacial score (nSPS) is 15.1. The van der Waals surface area contributed by atoms with Crippen molar-refractivity contribution in [2.24, 2.45) is 0 Å². The van der Waals surface area contributed by atoms with Crippen LogP contribution >= 0.6 is 11.3 Å². The molecule has 9 aromatic carbocycles. The monoisotopic (exact) mass is 714 g/mol. The second-order valence-corrected chi connectivity index (χ2v) is 16.3. The summed E-state index contributed by atoms with van der Waals surface area (Å²) in [4.78, 5) is 2.77. The summed E-state index contributed by atoms with van der Waals surface area (Å²) < 4.78 is 0. The number of rotatable bonds is 3. The van der Waals surface area contributed by atoms with Crippen molar-refractivity contribution in [2.75, 3.05) is 0 Å². The number of benzene rings is 9. The minimum atomic E-state index is -0.358. The van der Waals surface area contributed by atoms with Crippen molar-refractivity contribution >= 4 is 43.7 Å². The zero-order valence-corrected chi connectivity index (χ0v) is 31.1. The van der Waals surface area contributed by atoms with E-state index < -0.39 is 0 Å². The molecular formula is C54H34S. The van der Waals surface area contributed by atoms with Gasteiger partial charge in [0.05, 0.1) is 5.41 Å². The molecule has 1 unspecified atom stereocenters. The van der Waals surface area contributed by atoms with Gasteiger partial charge in [-0.05, 0) is 118 Å². The quantitative estimate of drug-likeness (QED) is 0.160. The SMILES string of the molecule is Cc1cc2c(s1)-c1ccccc1C21c2ccccc2-c2c(-c3c4ccccc4c(-c4ccc(-c5ccccc5)c5ccccc45)c4ccccc34)cccc21. The lowest BCUT2D eigenvalue weighted by Gasteiger charge is -2.30. The van der Waals surface area contributed by atoms with Crippen molar-refractivity contribution in [1.82, 2.24) is 0 Å². The van der Waals surface area contributed by atoms with Crippen molar-refractivity contribution in [1.29, 1.82) is 0 Å². The Labute approximate surface area is 324 Å². The van der Waals surface area contributed by atoms with Gasteiger partial charge in [0, 0.05) is 9.75 Å². The molecule has 55 heavy (non-hydrogen) atoms. The van der Waals surface area contributed by atoms with Crippen LogP contribution in [-0.2, 0) is 5.41 Å². The van der Waals surface area contributed by atoms with E-state index in [9.17, 15) is 0 Å². The third-order valence-corrected chi connectivity index (χ3v) is 13.5. The number of hydrogen-bond acceptors (Lipinski definition) is 1. The molecule has 12 rings (SSSR count). The van der Waals surface area contributed by atoms with E-state index in [1.807, 2.05) is 11.3 Å². The van der Waals surface area contributed by atoms with Gasteiger partial charge in [0.15, 0.2) is 0 Å². The van der Waals surface area contributed by atoms with Crippen LogP contribution in [0.3, 0.4) is 0 Å². The van der Waals surface area contributed by atoms with Crippen LogP contribution < -0.4 is 0 Å². The molecule has 1 aromatic heterocycles. The molecule has 1 spiro atoms. The molecule has 0 amide bonds. The Morgan fingerprint density at radius 3 is 1.47 bits per heavy atom. The summed E-state index contributed by atoms with van der Waals surface area (Å²) in [5.41, 5.74) is 16.9. The van der Waals surface area contributed by atoms with Gasteiger partial charge in [0.25, 0.3) is 0 Å². The van der Waals surface area contributed by atoms with Crippen molar-refractivity contribution < 1.29 is 0 Å². The summed E-state index contributed by atoms with van der Waals surface area (Å²) >= 11 is 1.93. The largest absolute Gasteiger partial charge is 0.140 e. The summed E-state index contributed by atoms with van der Waals surface area (Å²) in [5.74, 6) is 0. The highest BCUT2D eigenvalue weighted by molar-refractivity contribution is 7.15. The highest BCUT2D eigenvalue weighted by atomic mass is 32.1. The molecule has 0 N–H and O–H groups in total. The molecule has 1 atom stereocenters. The molecule has 0 saturated carbocycles. The van der Waals surface area contributed by atoms with Crippen LogP contribution in [0.15, 0.2) is 188 Å². The highest BCUT2D eigenvalue weighted by Crippen LogP contribution is 2.66. The number of aryl methyl sites for hydroxylation is 1. The second-order valence-electron chi connectivity index (χ2n) is 15.1. The molecule has 10 aromatic rings. The highest BCUT2D eigenvalue weighted by Gasteiger charge is 2.53. The van der Waals surface area contributed by atoms with Gasteiger partial charge >= 0.3 is 0 Å². The molecule has 1 heterocycles. The standard InChI is InChI=1S/C54H34S/c1-33-32-49-53(55-33)44-25-12-14-28-47(44)54(49)46-27-13-11-24-43(46)52-45(26-15-29-48(52)54)51-40-22-9-7-20-38(40)50(39-21-8-10-23-41(39)51)42-31-30-35(34-16-3-2-4-17-34)36-18-5-6-19-37(36)42/h2-32H,1H3. The van der Waals surface area contributed by atoms with E-state index in [4.69, 9.17) is 0 Å². The van der Waals surface area contributed by atoms with Crippen molar-refractivity contribution in [3.63, 3.8) is 0 Å². The Morgan fingerprint density at radius 1 is 0.327 bits per heavy atom. The Bertz CT molecular complexity index is 3160. The fourth-order valence-corrected chi connectivity index (χ4v) is 11.5. The van der Waals surface area contributed by atoms with Crippen LogP contribution in [0.2, 0.25) is 0 Å². The smallest absolute Gasteiger partial charge is 0.0734 e. The Balaban J connectivity index is 1.19. The van der Waals surface area contributed by atoms with E-state index in [0.29, 0.717) is 0 Å². The van der Waals surface area contributed by atoms with Gasteiger partial charge in [0.2, 0.25) is 0 Å². The molecule has 2 aliphatic rings. The first-order valence-corrected chi connectivity index (χ1v) is 20.0. The predicted octanol–water partition coefficient (Wildman–Crippen LogP) is 14.9. The number of thiophene rings is 1. The lowest BCUT2D eigenvalue weighted by atomic mass is 9.70. The Kier molecular flexibility index (Phi) is 6.44. The van der Waals surface area contributed by atoms with Crippen molar-refractivity contribution in [2.45, 2.75) is 12.3 Å². The maximum atomic E-state index is 2.46. The van der Waals surface area contributed by atoms with Gasteiger partial charge in [0.1, 0.15) is 0 Å². The molecule has 0 nitrogen and oxygen atoms in total. The average Bonchev–Trinajstić information content (AvgIpc) is 3.87. The van der Waals surface area contributed by atoms with Crippen LogP contribution in [0.5, 0.6) is 0 Å². The fraction of sp³-hybridized carbons (Fsp3) is 0.0370. The van der Waals surface area contributed by atoms with E-state index in [1.54, 1.807) is 0 Å². The molecule has 0 aliphatic heterocycles. The summed E-state index contributed by atoms with van der Waals surface area (Å²) in [6, 6.07) is 70.5. The van der Waals surface area contributed by atoms with Gasteiger partial charge in [-0.2, -0.15) is 0 Å². The van der Waals surface area contributed by atoms with Crippen molar-refractivity contribution in [3.05, 3.63) is 215 Å². The van der Waals surface area contributed by atoms with E-state index in [1.165, 1.54) is 114 Å². The zero-order valence-electron chi connectivity index (χ0n) is 30.3. The van der Waals surface area contributed by atoms with Crippen LogP contribution in [-0.4, -0.2) is 0 Å². The predicted molar refractivity (Wildman–Crippen MR) is 234 cm³/mol. The molecule has 0 fully saturated rings. The van der Waals surface area contributed by atoms with Crippen molar-refractivity contribution in [3.8, 4) is 54.9 Å². The van der Waals surface area contributed by atoms with Gasteiger partial charge in [-0.1, -0.05) is 182 Å². The lowest BCUT2D eigenvalue weighted by molar-refractivity contribution is 0.795. The zero-order chi connectivity index (χ0) is 36.3. The summed E-state index contributed by atoms with van der Waals surface area (Å²) in [6.45, 7) is 2.26. The Morgan fingerprint density at radius 2 is 0.800 bits per heavy atom. The summed E-state index contributed by atoms with van der Waals surface area (Å²) in [6.07, 6.45) is 0. The van der Waals surface area contributed by atoms with Gasteiger partial charge in [-0.15, -0.1) is 11.3 Å².